The first-order chi connectivity index (χ1) is 44.6. The van der Waals surface area contributed by atoms with Gasteiger partial charge in [0.1, 0.15) is 60.1 Å². The van der Waals surface area contributed by atoms with E-state index < -0.39 is 188 Å². The van der Waals surface area contributed by atoms with Gasteiger partial charge in [-0.25, -0.2) is 9.78 Å². The molecule has 4 rings (SSSR count). The van der Waals surface area contributed by atoms with E-state index in [1.165, 1.54) is 36.8 Å². The summed E-state index contributed by atoms with van der Waals surface area (Å²) in [5.41, 5.74) is 40.2. The number of aliphatic hydroxyl groups excluding tert-OH is 1. The summed E-state index contributed by atoms with van der Waals surface area (Å²) in [5, 5.41) is 52.4. The van der Waals surface area contributed by atoms with Crippen molar-refractivity contribution in [1.29, 1.82) is 0 Å². The van der Waals surface area contributed by atoms with Gasteiger partial charge in [0.05, 0.1) is 31.8 Å². The van der Waals surface area contributed by atoms with Crippen LogP contribution in [0.4, 0.5) is 0 Å². The number of aromatic amines is 2. The molecule has 0 saturated heterocycles. The molecule has 2 aromatic carbocycles. The monoisotopic (exact) mass is 1330 g/mol. The number of carboxylic acid groups (broad SMARTS) is 1. The van der Waals surface area contributed by atoms with Crippen molar-refractivity contribution >= 4 is 106 Å². The number of aromatic hydroxyl groups is 1. The number of aromatic nitrogens is 3. The number of phenols is 1. The predicted octanol–water partition coefficient (Wildman–Crippen LogP) is -7.48. The molecule has 0 bridgehead atoms. The highest BCUT2D eigenvalue weighted by Crippen LogP contribution is 2.20. The van der Waals surface area contributed by atoms with Gasteiger partial charge < -0.3 is 113 Å². The highest BCUT2D eigenvalue weighted by atomic mass is 32.1. The van der Waals surface area contributed by atoms with E-state index in [2.05, 4.69) is 80.4 Å². The number of imidazole rings is 1. The molecule has 36 nitrogen and oxygen atoms in total. The molecule has 0 fully saturated rings. The average Bonchev–Trinajstić information content (AvgIpc) is 1.91. The Balaban J connectivity index is 1.62. The molecular weight excluding hydrogens is 1250 g/mol. The van der Waals surface area contributed by atoms with Crippen molar-refractivity contribution in [3.63, 3.8) is 0 Å². The summed E-state index contributed by atoms with van der Waals surface area (Å²) in [6, 6.07) is -4.24. The number of carbonyl (C=O) groups is 13. The van der Waals surface area contributed by atoms with E-state index in [0.29, 0.717) is 41.4 Å². The summed E-state index contributed by atoms with van der Waals surface area (Å²) in [5.74, 6) is -15.3. The van der Waals surface area contributed by atoms with E-state index in [4.69, 9.17) is 40.1 Å². The Morgan fingerprint density at radius 1 is 0.543 bits per heavy atom. The number of carbonyl (C=O) groups excluding carboxylic acids is 12. The molecule has 0 spiro atoms. The number of carboxylic acids is 1. The van der Waals surface area contributed by atoms with Gasteiger partial charge in [0, 0.05) is 67.0 Å². The molecule has 94 heavy (non-hydrogen) atoms. The van der Waals surface area contributed by atoms with Gasteiger partial charge in [0.25, 0.3) is 0 Å². The van der Waals surface area contributed by atoms with Crippen molar-refractivity contribution in [2.24, 2.45) is 45.1 Å². The smallest absolute Gasteiger partial charge is 0.326 e. The maximum Gasteiger partial charge on any atom is 0.326 e. The number of aliphatic hydroxyl groups is 1. The SMILES string of the molecule is NCCCC[C@H](N)C(=O)N[C@@H](CC(N)=O)C(=O)N[C@@H](Cc1c[nH]c2ccccc12)C(=O)N[C@@H](CS)C(=O)N[C@@H](CCC(N)=O)C(=O)N[C@@H](Cc1cnc[nH]1)C(=O)N[C@@H](Cc1ccc(O)cc1)C(=O)N[C@@H](CO)C(=O)N[C@@H](CC(N)=O)C(=O)N[C@@H](CCCN=C(N)N)C(=O)O. The second kappa shape index (κ2) is 38.5. The minimum absolute atomic E-state index is 0.0111. The van der Waals surface area contributed by atoms with Crippen LogP contribution in [0.5, 0.6) is 5.75 Å². The first-order valence-electron chi connectivity index (χ1n) is 29.5. The highest BCUT2D eigenvalue weighted by Gasteiger charge is 2.37. The van der Waals surface area contributed by atoms with Gasteiger partial charge in [-0.3, -0.25) is 62.5 Å². The number of fused-ring (bicyclic) bond motifs is 1. The Morgan fingerprint density at radius 3 is 1.59 bits per heavy atom. The van der Waals surface area contributed by atoms with Crippen molar-refractivity contribution in [2.45, 2.75) is 137 Å². The zero-order valence-electron chi connectivity index (χ0n) is 51.0. The summed E-state index contributed by atoms with van der Waals surface area (Å²) in [6.07, 6.45) is 1.46. The number of aliphatic carboxylic acids is 1. The van der Waals surface area contributed by atoms with Gasteiger partial charge in [-0.05, 0) is 68.0 Å². The number of rotatable bonds is 42. The van der Waals surface area contributed by atoms with Gasteiger partial charge >= 0.3 is 5.97 Å². The number of primary amides is 3. The summed E-state index contributed by atoms with van der Waals surface area (Å²) in [4.78, 5) is 188. The van der Waals surface area contributed by atoms with Crippen molar-refractivity contribution in [1.82, 2.24) is 62.8 Å². The Hall–Kier alpha value is -10.4. The summed E-state index contributed by atoms with van der Waals surface area (Å²) in [7, 11) is 0. The number of phenolic OH excluding ortho intramolecular Hbond substituents is 1. The largest absolute Gasteiger partial charge is 0.508 e. The summed E-state index contributed by atoms with van der Waals surface area (Å²) >= 11 is 4.28. The van der Waals surface area contributed by atoms with Crippen LogP contribution in [0.1, 0.15) is 74.6 Å². The van der Waals surface area contributed by atoms with Crippen molar-refractivity contribution in [2.75, 3.05) is 25.4 Å². The van der Waals surface area contributed by atoms with Crippen LogP contribution in [0, 0.1) is 0 Å². The third kappa shape index (κ3) is 25.7. The lowest BCUT2D eigenvalue weighted by atomic mass is 10.0. The van der Waals surface area contributed by atoms with Crippen LogP contribution in [0.3, 0.4) is 0 Å². The van der Waals surface area contributed by atoms with Gasteiger partial charge in [0.2, 0.25) is 70.9 Å². The van der Waals surface area contributed by atoms with E-state index in [0.717, 1.165) is 0 Å². The molecule has 12 amide bonds. The molecule has 28 N–H and O–H groups in total. The van der Waals surface area contributed by atoms with E-state index in [9.17, 15) is 77.6 Å². The summed E-state index contributed by atoms with van der Waals surface area (Å²) < 4.78 is 0. The molecule has 0 unspecified atom stereocenters. The molecule has 512 valence electrons. The Bertz CT molecular complexity index is 3310. The van der Waals surface area contributed by atoms with E-state index >= 15 is 0 Å². The van der Waals surface area contributed by atoms with Gasteiger partial charge in [-0.15, -0.1) is 0 Å². The molecule has 0 saturated carbocycles. The van der Waals surface area contributed by atoms with Crippen LogP contribution in [0.25, 0.3) is 10.9 Å². The first kappa shape index (κ1) is 76.1. The van der Waals surface area contributed by atoms with Crippen molar-refractivity contribution in [3.8, 4) is 5.75 Å². The molecule has 2 aromatic heterocycles. The number of benzene rings is 2. The third-order valence-corrected chi connectivity index (χ3v) is 14.6. The van der Waals surface area contributed by atoms with Crippen LogP contribution in [0.15, 0.2) is 72.2 Å². The molecule has 0 aliphatic rings. The molecule has 10 atom stereocenters. The number of para-hydroxylation sites is 1. The minimum Gasteiger partial charge on any atom is -0.508 e. The Kier molecular flexibility index (Phi) is 31.1. The number of guanidine groups is 1. The van der Waals surface area contributed by atoms with Gasteiger partial charge in [-0.2, -0.15) is 12.6 Å². The third-order valence-electron chi connectivity index (χ3n) is 14.2. The lowest BCUT2D eigenvalue weighted by Gasteiger charge is -2.28. The van der Waals surface area contributed by atoms with Crippen LogP contribution >= 0.6 is 12.6 Å². The number of thiol groups is 1. The number of hydrogen-bond donors (Lipinski definition) is 22. The quantitative estimate of drug-likeness (QED) is 0.00848. The van der Waals surface area contributed by atoms with Gasteiger partial charge in [0.15, 0.2) is 5.96 Å². The predicted molar refractivity (Wildman–Crippen MR) is 339 cm³/mol. The van der Waals surface area contributed by atoms with Crippen LogP contribution < -0.4 is 88.0 Å². The van der Waals surface area contributed by atoms with E-state index in [-0.39, 0.29) is 49.6 Å². The minimum atomic E-state index is -1.95. The maximum absolute atomic E-state index is 14.6. The maximum atomic E-state index is 14.6. The number of amides is 12. The van der Waals surface area contributed by atoms with Crippen molar-refractivity contribution in [3.05, 3.63) is 84.1 Å². The molecular formula is C57H82N20O16S. The fraction of sp³-hybridized carbons (Fsp3) is 0.456. The molecule has 2 heterocycles. The Labute approximate surface area is 542 Å². The highest BCUT2D eigenvalue weighted by molar-refractivity contribution is 7.80. The number of H-pyrrole nitrogens is 2. The molecule has 0 aliphatic carbocycles. The average molecular weight is 1340 g/mol. The number of aliphatic imine (C=N–C) groups is 1. The van der Waals surface area contributed by atoms with Crippen LogP contribution in [0.2, 0.25) is 0 Å². The van der Waals surface area contributed by atoms with Gasteiger partial charge in [-0.1, -0.05) is 36.8 Å². The normalized spacial score (nSPS) is 14.2. The van der Waals surface area contributed by atoms with Crippen molar-refractivity contribution < 1.29 is 77.6 Å². The molecule has 37 heteroatoms. The summed E-state index contributed by atoms with van der Waals surface area (Å²) in [6.45, 7) is -0.846. The second-order valence-electron chi connectivity index (χ2n) is 21.7. The standard InChI is InChI=1S/C57H82N20O16S/c58-16-4-3-7-33(59)47(83)71-40(21-45(61)81)53(89)73-38(19-29-23-67-34-8-2-1-6-32(29)34)50(86)77-43(26-94)55(91)69-35(14-15-44(60)80)48(84)74-39(20-30-24-65-27-68-30)51(87)72-37(18-28-10-12-31(79)13-11-28)49(85)76-42(25-78)54(90)75-41(22-46(62)82)52(88)70-36(56(92)93)9-5-17-66-57(63)64/h1-2,6,8,10-13,23-24,27,33,35-43,67,78-79,94H,3-5,7,9,14-22,25-26,58-59H2,(H2,60,80)(H2,61,81)(H2,62,82)(H,65,68)(H,69,91)(H,70,88)(H,71,83)(H,72,87)(H,73,89)(H,74,84)(H,75,90)(H,76,85)(H,77,86)(H,92,93)(H4,63,64,66)/t33-,35-,36-,37-,38-,39-,40-,41-,42-,43-/m0/s1. The Morgan fingerprint density at radius 2 is 1.04 bits per heavy atom. The zero-order valence-corrected chi connectivity index (χ0v) is 51.9. The molecule has 0 radical (unpaired) electrons. The number of unbranched alkanes of at least 4 members (excludes halogenated alkanes) is 1. The zero-order chi connectivity index (χ0) is 69.6. The molecule has 4 aromatic rings. The topological polar surface area (TPSA) is 630 Å². The van der Waals surface area contributed by atoms with Crippen LogP contribution in [-0.4, -0.2) is 199 Å². The van der Waals surface area contributed by atoms with E-state index in [1.54, 1.807) is 30.5 Å². The number of nitrogens with two attached hydrogens (primary N) is 7. The second-order valence-corrected chi connectivity index (χ2v) is 22.0. The van der Waals surface area contributed by atoms with E-state index in [1.807, 2.05) is 0 Å². The molecule has 0 aliphatic heterocycles. The number of hydrogen-bond acceptors (Lipinski definition) is 20. The number of nitrogens with zero attached hydrogens (tertiary/aromatic N) is 2. The fourth-order valence-electron chi connectivity index (χ4n) is 9.25. The fourth-order valence-corrected chi connectivity index (χ4v) is 9.51. The lowest BCUT2D eigenvalue weighted by molar-refractivity contribution is -0.142. The lowest BCUT2D eigenvalue weighted by Crippen LogP contribution is -2.61. The first-order valence-corrected chi connectivity index (χ1v) is 30.1. The van der Waals surface area contributed by atoms with Crippen LogP contribution in [-0.2, 0) is 81.6 Å². The number of nitrogens with one attached hydrogen (secondary N) is 11.